The van der Waals surface area contributed by atoms with Crippen LogP contribution in [0, 0.1) is 0 Å². The largest absolute Gasteiger partial charge is 0.394 e. The highest BCUT2D eigenvalue weighted by molar-refractivity contribution is 5.76. The van der Waals surface area contributed by atoms with E-state index in [-0.39, 0.29) is 18.6 Å². The molecular weight excluding hydrogens is 142 g/mol. The molecular formula is C8H15NO2. The van der Waals surface area contributed by atoms with Gasteiger partial charge in [0.05, 0.1) is 12.6 Å². The lowest BCUT2D eigenvalue weighted by molar-refractivity contribution is -0.132. The van der Waals surface area contributed by atoms with Gasteiger partial charge in [0.1, 0.15) is 0 Å². The molecule has 3 heteroatoms. The predicted octanol–water partition coefficient (Wildman–Crippen LogP) is 0.380. The lowest BCUT2D eigenvalue weighted by Crippen LogP contribution is -2.37. The van der Waals surface area contributed by atoms with E-state index < -0.39 is 0 Å². The second-order valence-electron chi connectivity index (χ2n) is 2.92. The summed E-state index contributed by atoms with van der Waals surface area (Å²) in [5.74, 6) is 0.168. The van der Waals surface area contributed by atoms with Gasteiger partial charge in [0.2, 0.25) is 5.91 Å². The monoisotopic (exact) mass is 157 g/mol. The van der Waals surface area contributed by atoms with Gasteiger partial charge >= 0.3 is 0 Å². The normalized spacial score (nSPS) is 24.2. The first-order chi connectivity index (χ1) is 5.29. The van der Waals surface area contributed by atoms with Gasteiger partial charge in [-0.3, -0.25) is 4.79 Å². The van der Waals surface area contributed by atoms with Crippen LogP contribution in [-0.2, 0) is 4.79 Å². The van der Waals surface area contributed by atoms with Crippen LogP contribution in [0.4, 0.5) is 0 Å². The van der Waals surface area contributed by atoms with Gasteiger partial charge in [-0.05, 0) is 12.8 Å². The molecule has 0 aromatic rings. The molecule has 0 aliphatic carbocycles. The van der Waals surface area contributed by atoms with Crippen LogP contribution in [0.1, 0.15) is 26.2 Å². The molecule has 1 heterocycles. The summed E-state index contributed by atoms with van der Waals surface area (Å²) in [6, 6.07) is 0.0995. The molecule has 1 atom stereocenters. The summed E-state index contributed by atoms with van der Waals surface area (Å²) in [5.41, 5.74) is 0. The number of nitrogens with zero attached hydrogens (tertiary/aromatic N) is 1. The van der Waals surface area contributed by atoms with Crippen molar-refractivity contribution in [3.63, 3.8) is 0 Å². The molecule has 0 aromatic heterocycles. The van der Waals surface area contributed by atoms with Crippen molar-refractivity contribution >= 4 is 5.91 Å². The molecule has 0 radical (unpaired) electrons. The molecule has 1 N–H and O–H groups in total. The summed E-state index contributed by atoms with van der Waals surface area (Å²) in [4.78, 5) is 13.0. The standard InChI is InChI=1S/C8H15NO2/c1-2-8(11)9-5-3-4-7(9)6-10/h7,10H,2-6H2,1H3/t7-/m1/s1. The first-order valence-corrected chi connectivity index (χ1v) is 4.20. The lowest BCUT2D eigenvalue weighted by Gasteiger charge is -2.22. The van der Waals surface area contributed by atoms with Crippen molar-refractivity contribution in [3.8, 4) is 0 Å². The molecule has 1 aliphatic rings. The van der Waals surface area contributed by atoms with E-state index in [1.54, 1.807) is 4.90 Å². The zero-order chi connectivity index (χ0) is 8.27. The van der Waals surface area contributed by atoms with E-state index in [9.17, 15) is 4.79 Å². The number of aliphatic hydroxyl groups excluding tert-OH is 1. The summed E-state index contributed by atoms with van der Waals surface area (Å²) in [6.07, 6.45) is 2.55. The van der Waals surface area contributed by atoms with Crippen molar-refractivity contribution in [2.45, 2.75) is 32.2 Å². The van der Waals surface area contributed by atoms with Crippen LogP contribution in [0.3, 0.4) is 0 Å². The van der Waals surface area contributed by atoms with Crippen molar-refractivity contribution < 1.29 is 9.90 Å². The number of likely N-dealkylation sites (tertiary alicyclic amines) is 1. The van der Waals surface area contributed by atoms with E-state index in [4.69, 9.17) is 5.11 Å². The van der Waals surface area contributed by atoms with E-state index in [0.717, 1.165) is 19.4 Å². The van der Waals surface area contributed by atoms with Crippen LogP contribution in [-0.4, -0.2) is 35.1 Å². The van der Waals surface area contributed by atoms with Crippen LogP contribution in [0.25, 0.3) is 0 Å². The third kappa shape index (κ3) is 1.71. The van der Waals surface area contributed by atoms with E-state index in [0.29, 0.717) is 6.42 Å². The molecule has 1 amide bonds. The highest BCUT2D eigenvalue weighted by atomic mass is 16.3. The number of hydrogen-bond acceptors (Lipinski definition) is 2. The molecule has 1 rings (SSSR count). The average molecular weight is 157 g/mol. The number of carbonyl (C=O) groups excluding carboxylic acids is 1. The second kappa shape index (κ2) is 3.72. The summed E-state index contributed by atoms with van der Waals surface area (Å²) in [7, 11) is 0. The molecule has 11 heavy (non-hydrogen) atoms. The van der Waals surface area contributed by atoms with Crippen molar-refractivity contribution in [2.75, 3.05) is 13.2 Å². The van der Waals surface area contributed by atoms with Gasteiger partial charge in [-0.25, -0.2) is 0 Å². The van der Waals surface area contributed by atoms with E-state index >= 15 is 0 Å². The maximum absolute atomic E-state index is 11.2. The topological polar surface area (TPSA) is 40.5 Å². The number of rotatable bonds is 2. The molecule has 0 saturated carbocycles. The Hall–Kier alpha value is -0.570. The maximum atomic E-state index is 11.2. The number of hydrogen-bond donors (Lipinski definition) is 1. The highest BCUT2D eigenvalue weighted by Gasteiger charge is 2.26. The molecule has 0 aromatic carbocycles. The van der Waals surface area contributed by atoms with Crippen LogP contribution >= 0.6 is 0 Å². The minimum absolute atomic E-state index is 0.0995. The first-order valence-electron chi connectivity index (χ1n) is 4.20. The molecule has 0 unspecified atom stereocenters. The summed E-state index contributed by atoms with van der Waals surface area (Å²) in [6.45, 7) is 2.80. The zero-order valence-corrected chi connectivity index (χ0v) is 6.92. The summed E-state index contributed by atoms with van der Waals surface area (Å²) in [5, 5.41) is 8.89. The van der Waals surface area contributed by atoms with Crippen LogP contribution < -0.4 is 0 Å². The zero-order valence-electron chi connectivity index (χ0n) is 6.92. The predicted molar refractivity (Wildman–Crippen MR) is 42.1 cm³/mol. The van der Waals surface area contributed by atoms with Crippen LogP contribution in [0.15, 0.2) is 0 Å². The van der Waals surface area contributed by atoms with Crippen LogP contribution in [0.2, 0.25) is 0 Å². The van der Waals surface area contributed by atoms with Gasteiger partial charge in [0, 0.05) is 13.0 Å². The quantitative estimate of drug-likeness (QED) is 0.629. The Balaban J connectivity index is 2.49. The van der Waals surface area contributed by atoms with Crippen molar-refractivity contribution in [3.05, 3.63) is 0 Å². The molecule has 0 spiro atoms. The minimum Gasteiger partial charge on any atom is -0.394 e. The molecule has 1 saturated heterocycles. The Kier molecular flexibility index (Phi) is 2.88. The van der Waals surface area contributed by atoms with Gasteiger partial charge in [-0.15, -0.1) is 0 Å². The Labute approximate surface area is 67.0 Å². The fourth-order valence-electron chi connectivity index (χ4n) is 1.56. The van der Waals surface area contributed by atoms with E-state index in [1.165, 1.54) is 0 Å². The Morgan fingerprint density at radius 1 is 1.73 bits per heavy atom. The van der Waals surface area contributed by atoms with Gasteiger partial charge in [-0.1, -0.05) is 6.92 Å². The maximum Gasteiger partial charge on any atom is 0.222 e. The average Bonchev–Trinajstić information content (AvgIpc) is 2.50. The summed E-state index contributed by atoms with van der Waals surface area (Å²) < 4.78 is 0. The van der Waals surface area contributed by atoms with Gasteiger partial charge in [0.25, 0.3) is 0 Å². The van der Waals surface area contributed by atoms with Crippen molar-refractivity contribution in [1.29, 1.82) is 0 Å². The lowest BCUT2D eigenvalue weighted by atomic mass is 10.2. The van der Waals surface area contributed by atoms with Crippen molar-refractivity contribution in [2.24, 2.45) is 0 Å². The number of carbonyl (C=O) groups is 1. The smallest absolute Gasteiger partial charge is 0.222 e. The number of aliphatic hydroxyl groups is 1. The molecule has 3 nitrogen and oxygen atoms in total. The molecule has 1 fully saturated rings. The van der Waals surface area contributed by atoms with Gasteiger partial charge in [0.15, 0.2) is 0 Å². The second-order valence-corrected chi connectivity index (χ2v) is 2.92. The molecule has 1 aliphatic heterocycles. The fourth-order valence-corrected chi connectivity index (χ4v) is 1.56. The van der Waals surface area contributed by atoms with Gasteiger partial charge in [-0.2, -0.15) is 0 Å². The van der Waals surface area contributed by atoms with E-state index in [1.807, 2.05) is 6.92 Å². The Bertz CT molecular complexity index is 147. The first kappa shape index (κ1) is 8.53. The fraction of sp³-hybridized carbons (Fsp3) is 0.875. The highest BCUT2D eigenvalue weighted by Crippen LogP contribution is 2.17. The minimum atomic E-state index is 0.0995. The number of amides is 1. The SMILES string of the molecule is CCC(=O)N1CCC[C@@H]1CO. The van der Waals surface area contributed by atoms with Crippen molar-refractivity contribution in [1.82, 2.24) is 4.90 Å². The third-order valence-corrected chi connectivity index (χ3v) is 2.21. The Morgan fingerprint density at radius 2 is 2.45 bits per heavy atom. The third-order valence-electron chi connectivity index (χ3n) is 2.21. The molecule has 64 valence electrons. The van der Waals surface area contributed by atoms with Crippen LogP contribution in [0.5, 0.6) is 0 Å². The van der Waals surface area contributed by atoms with Gasteiger partial charge < -0.3 is 10.0 Å². The Morgan fingerprint density at radius 3 is 3.00 bits per heavy atom. The summed E-state index contributed by atoms with van der Waals surface area (Å²) >= 11 is 0. The van der Waals surface area contributed by atoms with E-state index in [2.05, 4.69) is 0 Å². The molecule has 0 bridgehead atoms.